The number of alkyl halides is 3. The first-order valence-corrected chi connectivity index (χ1v) is 4.05. The molecule has 0 unspecified atom stereocenters. The third-order valence-electron chi connectivity index (χ3n) is 1.65. The van der Waals surface area contributed by atoms with Gasteiger partial charge in [-0.1, -0.05) is 17.7 Å². The summed E-state index contributed by atoms with van der Waals surface area (Å²) < 4.78 is 36.5. The molecule has 0 radical (unpaired) electrons. The van der Waals surface area contributed by atoms with E-state index in [-0.39, 0.29) is 11.6 Å². The van der Waals surface area contributed by atoms with Crippen molar-refractivity contribution in [2.75, 3.05) is 0 Å². The van der Waals surface area contributed by atoms with Crippen molar-refractivity contribution in [2.45, 2.75) is 12.7 Å². The second-order valence-corrected chi connectivity index (χ2v) is 3.05. The minimum atomic E-state index is -4.39. The zero-order chi connectivity index (χ0) is 10.8. The molecule has 1 aromatic rings. The summed E-state index contributed by atoms with van der Waals surface area (Å²) in [6.07, 6.45) is -4.39. The molecule has 78 valence electrons. The number of benzene rings is 1. The molecule has 6 heteroatoms. The summed E-state index contributed by atoms with van der Waals surface area (Å²) in [5, 5.41) is 8.32. The Labute approximate surface area is 83.3 Å². The van der Waals surface area contributed by atoms with Crippen LogP contribution in [0.15, 0.2) is 18.2 Å². The molecule has 14 heavy (non-hydrogen) atoms. The van der Waals surface area contributed by atoms with Gasteiger partial charge in [-0.05, 0) is 17.7 Å². The van der Waals surface area contributed by atoms with Gasteiger partial charge in [-0.2, -0.15) is 13.2 Å². The van der Waals surface area contributed by atoms with Crippen LogP contribution in [0.3, 0.4) is 0 Å². The second-order valence-electron chi connectivity index (χ2n) is 2.64. The standard InChI is InChI=1S/C8H7ClF3NO/c9-7-3-6(8(10,11)12)2-1-5(7)4-13-14/h1-3,13-14H,4H2. The van der Waals surface area contributed by atoms with Crippen molar-refractivity contribution in [3.8, 4) is 0 Å². The van der Waals surface area contributed by atoms with Crippen LogP contribution in [0.4, 0.5) is 13.2 Å². The van der Waals surface area contributed by atoms with Gasteiger partial charge in [0.15, 0.2) is 0 Å². The van der Waals surface area contributed by atoms with Crippen LogP contribution in [-0.4, -0.2) is 5.21 Å². The highest BCUT2D eigenvalue weighted by atomic mass is 35.5. The van der Waals surface area contributed by atoms with Crippen LogP contribution in [0.25, 0.3) is 0 Å². The molecule has 0 fully saturated rings. The van der Waals surface area contributed by atoms with E-state index in [0.717, 1.165) is 12.1 Å². The zero-order valence-electron chi connectivity index (χ0n) is 6.90. The van der Waals surface area contributed by atoms with Gasteiger partial charge in [-0.15, -0.1) is 0 Å². The van der Waals surface area contributed by atoms with Crippen molar-refractivity contribution in [3.63, 3.8) is 0 Å². The number of nitrogens with one attached hydrogen (secondary N) is 1. The molecule has 0 aliphatic rings. The molecule has 0 bridgehead atoms. The predicted molar refractivity (Wildman–Crippen MR) is 45.1 cm³/mol. The lowest BCUT2D eigenvalue weighted by Gasteiger charge is -2.09. The van der Waals surface area contributed by atoms with Crippen molar-refractivity contribution >= 4 is 11.6 Å². The van der Waals surface area contributed by atoms with Crippen molar-refractivity contribution in [3.05, 3.63) is 34.3 Å². The average molecular weight is 226 g/mol. The quantitative estimate of drug-likeness (QED) is 0.759. The van der Waals surface area contributed by atoms with Gasteiger partial charge in [0.2, 0.25) is 0 Å². The van der Waals surface area contributed by atoms with E-state index in [1.54, 1.807) is 0 Å². The molecule has 1 aromatic carbocycles. The summed E-state index contributed by atoms with van der Waals surface area (Å²) in [5.41, 5.74) is 1.42. The van der Waals surface area contributed by atoms with E-state index in [4.69, 9.17) is 16.8 Å². The first kappa shape index (κ1) is 11.3. The molecule has 0 spiro atoms. The highest BCUT2D eigenvalue weighted by Crippen LogP contribution is 2.31. The monoisotopic (exact) mass is 225 g/mol. The van der Waals surface area contributed by atoms with Crippen LogP contribution in [0.2, 0.25) is 5.02 Å². The zero-order valence-corrected chi connectivity index (χ0v) is 7.65. The number of halogens is 4. The number of hydroxylamine groups is 1. The van der Waals surface area contributed by atoms with E-state index in [1.165, 1.54) is 6.07 Å². The van der Waals surface area contributed by atoms with Crippen LogP contribution in [0.1, 0.15) is 11.1 Å². The lowest BCUT2D eigenvalue weighted by Crippen LogP contribution is -2.09. The fourth-order valence-corrected chi connectivity index (χ4v) is 1.20. The molecule has 2 nitrogen and oxygen atoms in total. The van der Waals surface area contributed by atoms with Crippen molar-refractivity contribution < 1.29 is 18.4 Å². The highest BCUT2D eigenvalue weighted by Gasteiger charge is 2.30. The molecule has 0 aliphatic heterocycles. The van der Waals surface area contributed by atoms with Gasteiger partial charge in [0.05, 0.1) is 5.56 Å². The Balaban J connectivity index is 3.01. The number of hydrogen-bond donors (Lipinski definition) is 2. The Morgan fingerprint density at radius 1 is 1.36 bits per heavy atom. The molecule has 0 saturated carbocycles. The molecule has 0 saturated heterocycles. The fraction of sp³-hybridized carbons (Fsp3) is 0.250. The third kappa shape index (κ3) is 2.60. The van der Waals surface area contributed by atoms with E-state index in [2.05, 4.69) is 0 Å². The van der Waals surface area contributed by atoms with Gasteiger partial charge < -0.3 is 5.21 Å². The maximum Gasteiger partial charge on any atom is 0.416 e. The summed E-state index contributed by atoms with van der Waals surface area (Å²) in [6.45, 7) is 0.0109. The van der Waals surface area contributed by atoms with Crippen LogP contribution < -0.4 is 5.48 Å². The molecular weight excluding hydrogens is 219 g/mol. The van der Waals surface area contributed by atoms with E-state index in [9.17, 15) is 13.2 Å². The molecule has 0 aromatic heterocycles. The van der Waals surface area contributed by atoms with E-state index >= 15 is 0 Å². The Bertz CT molecular complexity index is 327. The van der Waals surface area contributed by atoms with Crippen molar-refractivity contribution in [1.82, 2.24) is 5.48 Å². The second kappa shape index (κ2) is 4.16. The van der Waals surface area contributed by atoms with Crippen LogP contribution in [0, 0.1) is 0 Å². The van der Waals surface area contributed by atoms with Crippen molar-refractivity contribution in [2.24, 2.45) is 0 Å². The first-order valence-electron chi connectivity index (χ1n) is 3.67. The first-order chi connectivity index (χ1) is 6.45. The summed E-state index contributed by atoms with van der Waals surface area (Å²) >= 11 is 5.56. The lowest BCUT2D eigenvalue weighted by atomic mass is 10.1. The van der Waals surface area contributed by atoms with Crippen LogP contribution in [0.5, 0.6) is 0 Å². The smallest absolute Gasteiger partial charge is 0.316 e. The summed E-state index contributed by atoms with van der Waals surface area (Å²) in [5.74, 6) is 0. The Morgan fingerprint density at radius 2 is 2.00 bits per heavy atom. The van der Waals surface area contributed by atoms with Gasteiger partial charge in [0.1, 0.15) is 0 Å². The molecule has 0 aliphatic carbocycles. The van der Waals surface area contributed by atoms with Gasteiger partial charge in [0.25, 0.3) is 0 Å². The average Bonchev–Trinajstić information content (AvgIpc) is 2.07. The molecule has 0 amide bonds. The van der Waals surface area contributed by atoms with E-state index in [1.807, 2.05) is 5.48 Å². The topological polar surface area (TPSA) is 32.3 Å². The molecule has 0 atom stereocenters. The van der Waals surface area contributed by atoms with Gasteiger partial charge in [-0.3, -0.25) is 0 Å². The molecular formula is C8H7ClF3NO. The maximum absolute atomic E-state index is 12.2. The molecule has 2 N–H and O–H groups in total. The van der Waals surface area contributed by atoms with Crippen LogP contribution in [-0.2, 0) is 12.7 Å². The number of hydrogen-bond acceptors (Lipinski definition) is 2. The summed E-state index contributed by atoms with van der Waals surface area (Å²) in [7, 11) is 0. The van der Waals surface area contributed by atoms with Gasteiger partial charge in [0, 0.05) is 11.6 Å². The minimum Gasteiger partial charge on any atom is -0.316 e. The highest BCUT2D eigenvalue weighted by molar-refractivity contribution is 6.31. The van der Waals surface area contributed by atoms with E-state index < -0.39 is 11.7 Å². The van der Waals surface area contributed by atoms with E-state index in [0.29, 0.717) is 5.56 Å². The minimum absolute atomic E-state index is 0.0109. The Kier molecular flexibility index (Phi) is 3.36. The third-order valence-corrected chi connectivity index (χ3v) is 2.00. The SMILES string of the molecule is ONCc1ccc(C(F)(F)F)cc1Cl. The molecule has 1 rings (SSSR count). The predicted octanol–water partition coefficient (Wildman–Crippen LogP) is 2.84. The summed E-state index contributed by atoms with van der Waals surface area (Å²) in [6, 6.07) is 2.96. The van der Waals surface area contributed by atoms with Gasteiger partial charge >= 0.3 is 6.18 Å². The normalized spacial score (nSPS) is 11.8. The fourth-order valence-electron chi connectivity index (χ4n) is 0.952. The number of rotatable bonds is 2. The van der Waals surface area contributed by atoms with Crippen molar-refractivity contribution in [1.29, 1.82) is 0 Å². The Morgan fingerprint density at radius 3 is 2.43 bits per heavy atom. The summed E-state index contributed by atoms with van der Waals surface area (Å²) in [4.78, 5) is 0. The maximum atomic E-state index is 12.2. The molecule has 0 heterocycles. The van der Waals surface area contributed by atoms with Gasteiger partial charge in [-0.25, -0.2) is 5.48 Å². The largest absolute Gasteiger partial charge is 0.416 e. The lowest BCUT2D eigenvalue weighted by molar-refractivity contribution is -0.137. The Hall–Kier alpha value is -0.780. The van der Waals surface area contributed by atoms with Crippen LogP contribution >= 0.6 is 11.6 Å².